The van der Waals surface area contributed by atoms with Crippen molar-refractivity contribution in [2.75, 3.05) is 6.61 Å². The van der Waals surface area contributed by atoms with Crippen LogP contribution in [0.2, 0.25) is 0 Å². The van der Waals surface area contributed by atoms with Crippen LogP contribution in [0.3, 0.4) is 0 Å². The van der Waals surface area contributed by atoms with Crippen LogP contribution < -0.4 is 9.47 Å². The van der Waals surface area contributed by atoms with Crippen LogP contribution in [0.1, 0.15) is 28.4 Å². The molecule has 1 aliphatic rings. The van der Waals surface area contributed by atoms with Gasteiger partial charge in [-0.25, -0.2) is 4.79 Å². The Morgan fingerprint density at radius 2 is 1.75 bits per heavy atom. The first kappa shape index (κ1) is 24.7. The van der Waals surface area contributed by atoms with Gasteiger partial charge in [0, 0.05) is 12.1 Å². The Kier molecular flexibility index (Phi) is 7.45. The number of rotatable bonds is 8. The second kappa shape index (κ2) is 10.9. The first-order valence-corrected chi connectivity index (χ1v) is 11.7. The van der Waals surface area contributed by atoms with E-state index in [-0.39, 0.29) is 45.3 Å². The topological polar surface area (TPSA) is 116 Å². The second-order valence-electron chi connectivity index (χ2n) is 7.59. The van der Waals surface area contributed by atoms with Gasteiger partial charge >= 0.3 is 5.97 Å². The molecule has 0 radical (unpaired) electrons. The summed E-state index contributed by atoms with van der Waals surface area (Å²) in [5.74, 6) is -0.680. The lowest BCUT2D eigenvalue weighted by molar-refractivity contribution is -0.384. The van der Waals surface area contributed by atoms with Crippen molar-refractivity contribution in [1.82, 2.24) is 4.90 Å². The summed E-state index contributed by atoms with van der Waals surface area (Å²) in [5, 5.41) is 10.5. The van der Waals surface area contributed by atoms with Crippen molar-refractivity contribution < 1.29 is 28.8 Å². The van der Waals surface area contributed by atoms with Gasteiger partial charge < -0.3 is 9.47 Å². The van der Waals surface area contributed by atoms with Crippen LogP contribution in [0.5, 0.6) is 11.5 Å². The Balaban J connectivity index is 1.52. The van der Waals surface area contributed by atoms with Gasteiger partial charge in [0.2, 0.25) is 0 Å². The molecule has 3 aromatic rings. The Hall–Kier alpha value is -4.44. The van der Waals surface area contributed by atoms with Crippen LogP contribution in [-0.2, 0) is 11.3 Å². The third kappa shape index (κ3) is 5.61. The van der Waals surface area contributed by atoms with Gasteiger partial charge in [0.1, 0.15) is 0 Å². The highest BCUT2D eigenvalue weighted by atomic mass is 32.2. The molecule has 1 saturated heterocycles. The molecule has 0 bridgehead atoms. The van der Waals surface area contributed by atoms with E-state index in [1.54, 1.807) is 25.1 Å². The van der Waals surface area contributed by atoms with Gasteiger partial charge in [0.25, 0.3) is 16.8 Å². The summed E-state index contributed by atoms with van der Waals surface area (Å²) in [7, 11) is 0. The molecule has 0 aliphatic carbocycles. The van der Waals surface area contributed by atoms with Crippen molar-refractivity contribution in [1.29, 1.82) is 0 Å². The number of benzene rings is 3. The summed E-state index contributed by atoms with van der Waals surface area (Å²) >= 11 is 0.855. The minimum atomic E-state index is -0.708. The highest BCUT2D eigenvalue weighted by molar-refractivity contribution is 8.18. The smallest absolute Gasteiger partial charge is 0.343 e. The Bertz CT molecular complexity index is 1350. The highest BCUT2D eigenvalue weighted by Gasteiger charge is 2.35. The van der Waals surface area contributed by atoms with Crippen molar-refractivity contribution in [2.45, 2.75) is 13.5 Å². The van der Waals surface area contributed by atoms with Crippen molar-refractivity contribution in [3.8, 4) is 11.5 Å². The molecule has 182 valence electrons. The van der Waals surface area contributed by atoms with E-state index >= 15 is 0 Å². The fraction of sp³-hybridized carbons (Fsp3) is 0.115. The number of carbonyl (C=O) groups excluding carboxylic acids is 3. The molecule has 10 heteroatoms. The largest absolute Gasteiger partial charge is 0.490 e. The van der Waals surface area contributed by atoms with E-state index in [1.807, 2.05) is 30.3 Å². The lowest BCUT2D eigenvalue weighted by Gasteiger charge is -2.12. The van der Waals surface area contributed by atoms with Crippen molar-refractivity contribution >= 4 is 40.6 Å². The molecule has 2 amide bonds. The number of nitro benzene ring substituents is 1. The molecule has 0 spiro atoms. The third-order valence-corrected chi connectivity index (χ3v) is 6.05. The summed E-state index contributed by atoms with van der Waals surface area (Å²) < 4.78 is 11.1. The normalized spacial score (nSPS) is 14.2. The molecule has 0 N–H and O–H groups in total. The monoisotopic (exact) mass is 504 g/mol. The maximum atomic E-state index is 12.8. The minimum Gasteiger partial charge on any atom is -0.490 e. The molecular formula is C26H20N2O7S. The Morgan fingerprint density at radius 1 is 1.03 bits per heavy atom. The maximum Gasteiger partial charge on any atom is 0.343 e. The quantitative estimate of drug-likeness (QED) is 0.131. The first-order valence-electron chi connectivity index (χ1n) is 10.9. The summed E-state index contributed by atoms with van der Waals surface area (Å²) in [5.41, 5.74) is 1.43. The molecule has 9 nitrogen and oxygen atoms in total. The van der Waals surface area contributed by atoms with Gasteiger partial charge in [0.05, 0.1) is 28.5 Å². The number of thioether (sulfide) groups is 1. The van der Waals surface area contributed by atoms with E-state index in [1.165, 1.54) is 35.2 Å². The molecule has 0 aromatic heterocycles. The Labute approximate surface area is 210 Å². The summed E-state index contributed by atoms with van der Waals surface area (Å²) in [4.78, 5) is 49.5. The molecule has 4 rings (SSSR count). The van der Waals surface area contributed by atoms with E-state index in [0.29, 0.717) is 12.2 Å². The second-order valence-corrected chi connectivity index (χ2v) is 8.58. The number of amides is 2. The van der Waals surface area contributed by atoms with Crippen LogP contribution in [0, 0.1) is 10.1 Å². The summed E-state index contributed by atoms with van der Waals surface area (Å²) in [6.07, 6.45) is 1.58. The highest BCUT2D eigenvalue weighted by Crippen LogP contribution is 2.35. The van der Waals surface area contributed by atoms with E-state index in [9.17, 15) is 24.5 Å². The summed E-state index contributed by atoms with van der Waals surface area (Å²) in [6.45, 7) is 2.24. The van der Waals surface area contributed by atoms with Gasteiger partial charge in [-0.3, -0.25) is 24.6 Å². The van der Waals surface area contributed by atoms with Crippen LogP contribution in [0.25, 0.3) is 6.08 Å². The standard InChI is InChI=1S/C26H20N2O7S/c1-2-34-22-14-18(8-13-21(22)35-25(30)19-9-11-20(12-10-19)28(32)33)15-23-24(29)27(26(31)36-23)16-17-6-4-3-5-7-17/h3-15H,2,16H2,1H3/b23-15-. The SMILES string of the molecule is CCOc1cc(/C=C2\SC(=O)N(Cc3ccccc3)C2=O)ccc1OC(=O)c1ccc([N+](=O)[O-])cc1. The molecule has 1 fully saturated rings. The number of nitrogens with zero attached hydrogens (tertiary/aromatic N) is 2. The lowest BCUT2D eigenvalue weighted by atomic mass is 10.1. The number of carbonyl (C=O) groups is 3. The molecule has 36 heavy (non-hydrogen) atoms. The van der Waals surface area contributed by atoms with Gasteiger partial charge in [-0.1, -0.05) is 36.4 Å². The third-order valence-electron chi connectivity index (χ3n) is 5.14. The van der Waals surface area contributed by atoms with Crippen LogP contribution in [-0.4, -0.2) is 33.5 Å². The van der Waals surface area contributed by atoms with Crippen molar-refractivity contribution in [2.24, 2.45) is 0 Å². The van der Waals surface area contributed by atoms with E-state index < -0.39 is 10.9 Å². The number of non-ortho nitro benzene ring substituents is 1. The fourth-order valence-corrected chi connectivity index (χ4v) is 4.24. The van der Waals surface area contributed by atoms with E-state index in [4.69, 9.17) is 9.47 Å². The molecule has 0 atom stereocenters. The van der Waals surface area contributed by atoms with E-state index in [0.717, 1.165) is 17.3 Å². The molecule has 0 saturated carbocycles. The number of hydrogen-bond donors (Lipinski definition) is 0. The molecule has 1 heterocycles. The number of nitro groups is 1. The molecule has 3 aromatic carbocycles. The zero-order valence-corrected chi connectivity index (χ0v) is 19.9. The zero-order valence-electron chi connectivity index (χ0n) is 19.1. The molecule has 1 aliphatic heterocycles. The number of hydrogen-bond acceptors (Lipinski definition) is 8. The number of esters is 1. The van der Waals surface area contributed by atoms with Gasteiger partial charge in [-0.15, -0.1) is 0 Å². The summed E-state index contributed by atoms with van der Waals surface area (Å²) in [6, 6.07) is 19.0. The number of ether oxygens (including phenoxy) is 2. The van der Waals surface area contributed by atoms with E-state index in [2.05, 4.69) is 0 Å². The predicted octanol–water partition coefficient (Wildman–Crippen LogP) is 5.45. The average molecular weight is 505 g/mol. The zero-order chi connectivity index (χ0) is 25.7. The fourth-order valence-electron chi connectivity index (χ4n) is 3.40. The van der Waals surface area contributed by atoms with Crippen LogP contribution >= 0.6 is 11.8 Å². The average Bonchev–Trinajstić information content (AvgIpc) is 3.13. The molecule has 0 unspecified atom stereocenters. The van der Waals surface area contributed by atoms with Gasteiger partial charge in [0.15, 0.2) is 11.5 Å². The Morgan fingerprint density at radius 3 is 2.42 bits per heavy atom. The van der Waals surface area contributed by atoms with Crippen LogP contribution in [0.15, 0.2) is 77.7 Å². The van der Waals surface area contributed by atoms with Gasteiger partial charge in [-0.2, -0.15) is 0 Å². The first-order chi connectivity index (χ1) is 17.4. The predicted molar refractivity (Wildman–Crippen MR) is 134 cm³/mol. The van der Waals surface area contributed by atoms with Crippen molar-refractivity contribution in [3.05, 3.63) is 105 Å². The lowest BCUT2D eigenvalue weighted by Crippen LogP contribution is -2.27. The van der Waals surface area contributed by atoms with Gasteiger partial charge in [-0.05, 0) is 60.2 Å². The minimum absolute atomic E-state index is 0.138. The van der Waals surface area contributed by atoms with Crippen LogP contribution in [0.4, 0.5) is 10.5 Å². The van der Waals surface area contributed by atoms with Crippen molar-refractivity contribution in [3.63, 3.8) is 0 Å². The molecular weight excluding hydrogens is 484 g/mol. The maximum absolute atomic E-state index is 12.8. The number of imide groups is 1.